The topological polar surface area (TPSA) is 93.8 Å². The maximum atomic E-state index is 11.8. The lowest BCUT2D eigenvalue weighted by atomic mass is 10.1. The zero-order valence-corrected chi connectivity index (χ0v) is 13.4. The van der Waals surface area contributed by atoms with Gasteiger partial charge in [-0.15, -0.1) is 6.58 Å². The van der Waals surface area contributed by atoms with Gasteiger partial charge in [-0.1, -0.05) is 24.3 Å². The average Bonchev–Trinajstić information content (AvgIpc) is 2.62. The number of amides is 1. The van der Waals surface area contributed by atoms with Gasteiger partial charge in [0, 0.05) is 12.1 Å². The molecular formula is C18H17N3O4. The molecule has 0 aliphatic heterocycles. The molecule has 7 heteroatoms. The number of hydrazone groups is 1. The van der Waals surface area contributed by atoms with Crippen LogP contribution in [0, 0.1) is 10.1 Å². The number of carbonyl (C=O) groups excluding carboxylic acids is 1. The van der Waals surface area contributed by atoms with Gasteiger partial charge in [0.25, 0.3) is 11.6 Å². The van der Waals surface area contributed by atoms with Crippen LogP contribution in [0.15, 0.2) is 66.3 Å². The summed E-state index contributed by atoms with van der Waals surface area (Å²) in [6, 6.07) is 13.2. The van der Waals surface area contributed by atoms with Gasteiger partial charge in [-0.3, -0.25) is 14.9 Å². The minimum absolute atomic E-state index is 0.00669. The van der Waals surface area contributed by atoms with Crippen LogP contribution in [-0.2, 0) is 11.2 Å². The molecular weight excluding hydrogens is 322 g/mol. The smallest absolute Gasteiger partial charge is 0.277 e. The number of allylic oxidation sites excluding steroid dienone is 1. The number of hydrogen-bond donors (Lipinski definition) is 1. The molecule has 0 aliphatic carbocycles. The summed E-state index contributed by atoms with van der Waals surface area (Å²) in [5, 5.41) is 14.4. The van der Waals surface area contributed by atoms with E-state index in [0.717, 1.165) is 5.56 Å². The Hall–Kier alpha value is -3.48. The second kappa shape index (κ2) is 8.97. The molecule has 0 radical (unpaired) electrons. The number of benzene rings is 2. The van der Waals surface area contributed by atoms with Crippen LogP contribution < -0.4 is 10.2 Å². The highest BCUT2D eigenvalue weighted by atomic mass is 16.6. The number of nitrogens with one attached hydrogen (secondary N) is 1. The Morgan fingerprint density at radius 2 is 1.96 bits per heavy atom. The Labute approximate surface area is 144 Å². The fraction of sp³-hybridized carbons (Fsp3) is 0.111. The van der Waals surface area contributed by atoms with E-state index < -0.39 is 10.8 Å². The lowest BCUT2D eigenvalue weighted by molar-refractivity contribution is -0.384. The summed E-state index contributed by atoms with van der Waals surface area (Å²) < 4.78 is 5.49. The average molecular weight is 339 g/mol. The molecule has 7 nitrogen and oxygen atoms in total. The molecule has 0 fully saturated rings. The summed E-state index contributed by atoms with van der Waals surface area (Å²) in [5.41, 5.74) is 3.91. The summed E-state index contributed by atoms with van der Waals surface area (Å²) in [4.78, 5) is 21.8. The van der Waals surface area contributed by atoms with Gasteiger partial charge in [0.2, 0.25) is 0 Å². The predicted octanol–water partition coefficient (Wildman–Crippen LogP) is 2.85. The van der Waals surface area contributed by atoms with Crippen LogP contribution in [0.2, 0.25) is 0 Å². The quantitative estimate of drug-likeness (QED) is 0.346. The number of rotatable bonds is 8. The summed E-state index contributed by atoms with van der Waals surface area (Å²) in [5.74, 6) is 0.212. The van der Waals surface area contributed by atoms with Crippen molar-refractivity contribution in [1.82, 2.24) is 5.43 Å². The van der Waals surface area contributed by atoms with E-state index in [9.17, 15) is 14.9 Å². The fourth-order valence-corrected chi connectivity index (χ4v) is 2.01. The third-order valence-electron chi connectivity index (χ3n) is 3.20. The molecule has 2 rings (SSSR count). The number of nitrogens with zero attached hydrogens (tertiary/aromatic N) is 2. The van der Waals surface area contributed by atoms with E-state index in [2.05, 4.69) is 17.1 Å². The first kappa shape index (κ1) is 17.9. The molecule has 0 saturated heterocycles. The van der Waals surface area contributed by atoms with Gasteiger partial charge in [0.05, 0.1) is 11.1 Å². The van der Waals surface area contributed by atoms with E-state index in [-0.39, 0.29) is 12.3 Å². The van der Waals surface area contributed by atoms with Crippen LogP contribution in [0.1, 0.15) is 11.1 Å². The highest BCUT2D eigenvalue weighted by Crippen LogP contribution is 2.18. The van der Waals surface area contributed by atoms with Crippen molar-refractivity contribution in [2.45, 2.75) is 6.42 Å². The van der Waals surface area contributed by atoms with E-state index >= 15 is 0 Å². The third-order valence-corrected chi connectivity index (χ3v) is 3.20. The van der Waals surface area contributed by atoms with Crippen molar-refractivity contribution in [1.29, 1.82) is 0 Å². The van der Waals surface area contributed by atoms with Crippen molar-refractivity contribution in [2.24, 2.45) is 5.10 Å². The number of ether oxygens (including phenoxy) is 1. The lowest BCUT2D eigenvalue weighted by Gasteiger charge is -2.09. The number of para-hydroxylation sites is 1. The molecule has 2 aromatic rings. The predicted molar refractivity (Wildman–Crippen MR) is 94.7 cm³/mol. The van der Waals surface area contributed by atoms with Crippen LogP contribution in [0.4, 0.5) is 5.69 Å². The Morgan fingerprint density at radius 1 is 1.24 bits per heavy atom. The lowest BCUT2D eigenvalue weighted by Crippen LogP contribution is -2.24. The van der Waals surface area contributed by atoms with Gasteiger partial charge in [-0.05, 0) is 35.7 Å². The van der Waals surface area contributed by atoms with Crippen LogP contribution in [0.3, 0.4) is 0 Å². The Bertz CT molecular complexity index is 785. The molecule has 0 bridgehead atoms. The standard InChI is InChI=1S/C18H17N3O4/c1-2-5-15-6-3-4-7-17(15)25-13-18(22)20-19-12-14-8-10-16(11-9-14)21(23)24/h2-4,6-12H,1,5,13H2,(H,20,22). The maximum Gasteiger partial charge on any atom is 0.277 e. The SMILES string of the molecule is C=CCc1ccccc1OCC(=O)NN=Cc1ccc([N+](=O)[O-])cc1. The van der Waals surface area contributed by atoms with Gasteiger partial charge in [0.15, 0.2) is 6.61 Å². The second-order valence-corrected chi connectivity index (χ2v) is 5.03. The Kier molecular flexibility index (Phi) is 6.41. The molecule has 0 unspecified atom stereocenters. The van der Waals surface area contributed by atoms with Gasteiger partial charge >= 0.3 is 0 Å². The number of hydrogen-bond acceptors (Lipinski definition) is 5. The second-order valence-electron chi connectivity index (χ2n) is 5.03. The first-order chi connectivity index (χ1) is 12.1. The van der Waals surface area contributed by atoms with Crippen molar-refractivity contribution in [3.8, 4) is 5.75 Å². The largest absolute Gasteiger partial charge is 0.483 e. The van der Waals surface area contributed by atoms with Crippen LogP contribution >= 0.6 is 0 Å². The monoisotopic (exact) mass is 339 g/mol. The summed E-state index contributed by atoms with van der Waals surface area (Å²) in [7, 11) is 0. The number of nitro groups is 1. The molecule has 0 spiro atoms. The van der Waals surface area contributed by atoms with Crippen LogP contribution in [-0.4, -0.2) is 23.7 Å². The molecule has 0 atom stereocenters. The van der Waals surface area contributed by atoms with E-state index in [4.69, 9.17) is 4.74 Å². The van der Waals surface area contributed by atoms with E-state index in [1.807, 2.05) is 18.2 Å². The normalized spacial score (nSPS) is 10.4. The van der Waals surface area contributed by atoms with E-state index in [0.29, 0.717) is 17.7 Å². The van der Waals surface area contributed by atoms with E-state index in [1.54, 1.807) is 12.1 Å². The third kappa shape index (κ3) is 5.58. The first-order valence-corrected chi connectivity index (χ1v) is 7.48. The van der Waals surface area contributed by atoms with Crippen molar-refractivity contribution in [3.05, 3.63) is 82.4 Å². The molecule has 1 N–H and O–H groups in total. The number of non-ortho nitro benzene ring substituents is 1. The Balaban J connectivity index is 1.84. The fourth-order valence-electron chi connectivity index (χ4n) is 2.01. The number of carbonyl (C=O) groups is 1. The molecule has 0 aliphatic rings. The highest BCUT2D eigenvalue weighted by molar-refractivity contribution is 5.83. The molecule has 0 saturated carbocycles. The first-order valence-electron chi connectivity index (χ1n) is 7.48. The molecule has 1 amide bonds. The van der Waals surface area contributed by atoms with Gasteiger partial charge in [0.1, 0.15) is 5.75 Å². The Morgan fingerprint density at radius 3 is 2.64 bits per heavy atom. The van der Waals surface area contributed by atoms with Gasteiger partial charge in [-0.2, -0.15) is 5.10 Å². The van der Waals surface area contributed by atoms with Crippen molar-refractivity contribution in [3.63, 3.8) is 0 Å². The molecule has 2 aromatic carbocycles. The zero-order valence-electron chi connectivity index (χ0n) is 13.4. The molecule has 0 aromatic heterocycles. The van der Waals surface area contributed by atoms with Crippen molar-refractivity contribution < 1.29 is 14.5 Å². The van der Waals surface area contributed by atoms with Crippen LogP contribution in [0.25, 0.3) is 0 Å². The van der Waals surface area contributed by atoms with Gasteiger partial charge < -0.3 is 4.74 Å². The molecule has 128 valence electrons. The van der Waals surface area contributed by atoms with Crippen LogP contribution in [0.5, 0.6) is 5.75 Å². The minimum Gasteiger partial charge on any atom is -0.483 e. The molecule has 0 heterocycles. The zero-order chi connectivity index (χ0) is 18.1. The summed E-state index contributed by atoms with van der Waals surface area (Å²) in [6.45, 7) is 3.51. The van der Waals surface area contributed by atoms with Crippen molar-refractivity contribution >= 4 is 17.8 Å². The van der Waals surface area contributed by atoms with Crippen molar-refractivity contribution in [2.75, 3.05) is 6.61 Å². The van der Waals surface area contributed by atoms with Gasteiger partial charge in [-0.25, -0.2) is 5.43 Å². The highest BCUT2D eigenvalue weighted by Gasteiger charge is 2.05. The minimum atomic E-state index is -0.482. The maximum absolute atomic E-state index is 11.8. The number of nitro benzene ring substituents is 1. The summed E-state index contributed by atoms with van der Waals surface area (Å²) in [6.07, 6.45) is 3.81. The summed E-state index contributed by atoms with van der Waals surface area (Å²) >= 11 is 0. The van der Waals surface area contributed by atoms with E-state index in [1.165, 1.54) is 30.5 Å². The molecule has 25 heavy (non-hydrogen) atoms.